The summed E-state index contributed by atoms with van der Waals surface area (Å²) >= 11 is 0. The summed E-state index contributed by atoms with van der Waals surface area (Å²) in [6, 6.07) is 16.2. The van der Waals surface area contributed by atoms with Gasteiger partial charge < -0.3 is 5.32 Å². The lowest BCUT2D eigenvalue weighted by molar-refractivity contribution is -0.115. The fraction of sp³-hybridized carbons (Fsp3) is 0.238. The molecular weight excluding hydrogens is 296 g/mol. The molecule has 0 spiro atoms. The minimum absolute atomic E-state index is 0.107. The molecule has 2 aromatic carbocycles. The molecule has 1 heterocycles. The molecule has 0 saturated carbocycles. The van der Waals surface area contributed by atoms with Crippen molar-refractivity contribution in [1.29, 1.82) is 0 Å². The van der Waals surface area contributed by atoms with Gasteiger partial charge in [0.15, 0.2) is 0 Å². The number of amidine groups is 1. The number of benzene rings is 2. The molecule has 1 N–H and O–H groups in total. The molecule has 0 aliphatic carbocycles. The van der Waals surface area contributed by atoms with Crippen LogP contribution in [-0.2, 0) is 10.2 Å². The second kappa shape index (κ2) is 6.08. The average Bonchev–Trinajstić information content (AvgIpc) is 2.90. The molecule has 2 aromatic rings. The van der Waals surface area contributed by atoms with Crippen molar-refractivity contribution in [1.82, 2.24) is 5.32 Å². The number of carbonyl (C=O) groups excluding carboxylic acids is 1. The van der Waals surface area contributed by atoms with Crippen LogP contribution >= 0.6 is 0 Å². The lowest BCUT2D eigenvalue weighted by Gasteiger charge is -2.19. The largest absolute Gasteiger partial charge is 0.305 e. The van der Waals surface area contributed by atoms with Crippen LogP contribution in [0.5, 0.6) is 0 Å². The Morgan fingerprint density at radius 1 is 0.958 bits per heavy atom. The highest BCUT2D eigenvalue weighted by Gasteiger charge is 2.21. The minimum atomic E-state index is -0.162. The van der Waals surface area contributed by atoms with E-state index in [-0.39, 0.29) is 11.3 Å². The normalized spacial score (nSPS) is 16.2. The zero-order valence-electron chi connectivity index (χ0n) is 14.6. The number of hydrogen-bond acceptors (Lipinski definition) is 2. The van der Waals surface area contributed by atoms with Gasteiger partial charge in [0, 0.05) is 5.56 Å². The number of rotatable bonds is 2. The summed E-state index contributed by atoms with van der Waals surface area (Å²) in [7, 11) is 0. The Labute approximate surface area is 143 Å². The highest BCUT2D eigenvalue weighted by Crippen LogP contribution is 2.23. The van der Waals surface area contributed by atoms with Crippen molar-refractivity contribution in [2.45, 2.75) is 33.1 Å². The molecule has 3 nitrogen and oxygen atoms in total. The standard InChI is InChI=1S/C21H22N2O/c1-14-5-7-15(8-6-14)13-18-20(24)23-19(22-18)16-9-11-17(12-10-16)21(2,3)4/h5-13H,1-4H3,(H,22,23,24)/b18-13+. The number of nitrogens with zero attached hydrogens (tertiary/aromatic N) is 1. The van der Waals surface area contributed by atoms with Crippen molar-refractivity contribution in [3.05, 3.63) is 76.5 Å². The highest BCUT2D eigenvalue weighted by atomic mass is 16.2. The molecule has 3 heteroatoms. The Hall–Kier alpha value is -2.68. The Bertz CT molecular complexity index is 820. The molecule has 122 valence electrons. The molecule has 0 radical (unpaired) electrons. The Morgan fingerprint density at radius 3 is 2.17 bits per heavy atom. The van der Waals surface area contributed by atoms with Crippen LogP contribution in [-0.4, -0.2) is 11.7 Å². The molecule has 1 aliphatic heterocycles. The van der Waals surface area contributed by atoms with Crippen molar-refractivity contribution in [3.63, 3.8) is 0 Å². The summed E-state index contributed by atoms with van der Waals surface area (Å²) in [5.74, 6) is 0.448. The molecule has 0 saturated heterocycles. The van der Waals surface area contributed by atoms with E-state index in [1.54, 1.807) is 0 Å². The summed E-state index contributed by atoms with van der Waals surface area (Å²) in [5, 5.41) is 2.85. The Balaban J connectivity index is 1.87. The van der Waals surface area contributed by atoms with Crippen LogP contribution < -0.4 is 5.32 Å². The quantitative estimate of drug-likeness (QED) is 0.828. The Morgan fingerprint density at radius 2 is 1.58 bits per heavy atom. The second-order valence-electron chi connectivity index (χ2n) is 7.18. The number of carbonyl (C=O) groups is 1. The Kier molecular flexibility index (Phi) is 4.10. The summed E-state index contributed by atoms with van der Waals surface area (Å²) in [5.41, 5.74) is 4.88. The molecule has 0 bridgehead atoms. The smallest absolute Gasteiger partial charge is 0.275 e. The molecule has 1 amide bonds. The number of aliphatic imine (C=N–C) groups is 1. The first-order valence-corrected chi connectivity index (χ1v) is 8.12. The van der Waals surface area contributed by atoms with Gasteiger partial charge in [-0.25, -0.2) is 4.99 Å². The van der Waals surface area contributed by atoms with Crippen molar-refractivity contribution in [2.24, 2.45) is 4.99 Å². The van der Waals surface area contributed by atoms with Crippen LogP contribution in [0.2, 0.25) is 0 Å². The maximum absolute atomic E-state index is 12.2. The van der Waals surface area contributed by atoms with Gasteiger partial charge in [-0.3, -0.25) is 4.79 Å². The zero-order valence-corrected chi connectivity index (χ0v) is 14.6. The lowest BCUT2D eigenvalue weighted by Crippen LogP contribution is -2.24. The van der Waals surface area contributed by atoms with Crippen LogP contribution in [0.1, 0.15) is 43.0 Å². The van der Waals surface area contributed by atoms with E-state index >= 15 is 0 Å². The predicted molar refractivity (Wildman–Crippen MR) is 99.0 cm³/mol. The maximum atomic E-state index is 12.2. The van der Waals surface area contributed by atoms with E-state index in [4.69, 9.17) is 0 Å². The molecule has 0 unspecified atom stereocenters. The molecular formula is C21H22N2O. The van der Waals surface area contributed by atoms with Gasteiger partial charge in [-0.1, -0.05) is 74.9 Å². The SMILES string of the molecule is Cc1ccc(/C=C2/N=C(c3ccc(C(C)(C)C)cc3)NC2=O)cc1. The lowest BCUT2D eigenvalue weighted by atomic mass is 9.86. The molecule has 24 heavy (non-hydrogen) atoms. The van der Waals surface area contributed by atoms with Gasteiger partial charge in [-0.15, -0.1) is 0 Å². The molecule has 1 aliphatic rings. The van der Waals surface area contributed by atoms with Crippen molar-refractivity contribution >= 4 is 17.8 Å². The van der Waals surface area contributed by atoms with E-state index in [9.17, 15) is 4.79 Å². The van der Waals surface area contributed by atoms with E-state index in [2.05, 4.69) is 43.2 Å². The topological polar surface area (TPSA) is 41.5 Å². The molecule has 3 rings (SSSR count). The van der Waals surface area contributed by atoms with Crippen LogP contribution in [0.15, 0.2) is 59.2 Å². The highest BCUT2D eigenvalue weighted by molar-refractivity contribution is 6.19. The number of amides is 1. The van der Waals surface area contributed by atoms with E-state index < -0.39 is 0 Å². The van der Waals surface area contributed by atoms with Crippen LogP contribution in [0.25, 0.3) is 6.08 Å². The van der Waals surface area contributed by atoms with Crippen molar-refractivity contribution in [3.8, 4) is 0 Å². The molecule has 0 fully saturated rings. The minimum Gasteiger partial charge on any atom is -0.305 e. The van der Waals surface area contributed by atoms with Crippen molar-refractivity contribution in [2.75, 3.05) is 0 Å². The van der Waals surface area contributed by atoms with Crippen molar-refractivity contribution < 1.29 is 4.79 Å². The van der Waals surface area contributed by atoms with Gasteiger partial charge in [-0.2, -0.15) is 0 Å². The van der Waals surface area contributed by atoms with E-state index in [0.717, 1.165) is 11.1 Å². The average molecular weight is 318 g/mol. The van der Waals surface area contributed by atoms with E-state index in [1.807, 2.05) is 49.4 Å². The fourth-order valence-electron chi connectivity index (χ4n) is 2.55. The zero-order chi connectivity index (χ0) is 17.3. The molecule has 0 atom stereocenters. The van der Waals surface area contributed by atoms with Gasteiger partial charge >= 0.3 is 0 Å². The van der Waals surface area contributed by atoms with Crippen LogP contribution in [0.3, 0.4) is 0 Å². The number of hydrogen-bond donors (Lipinski definition) is 1. The monoisotopic (exact) mass is 318 g/mol. The van der Waals surface area contributed by atoms with Gasteiger partial charge in [0.1, 0.15) is 11.5 Å². The maximum Gasteiger partial charge on any atom is 0.275 e. The van der Waals surface area contributed by atoms with Gasteiger partial charge in [-0.05, 0) is 29.5 Å². The second-order valence-corrected chi connectivity index (χ2v) is 7.18. The fourth-order valence-corrected chi connectivity index (χ4v) is 2.55. The number of aryl methyl sites for hydroxylation is 1. The summed E-state index contributed by atoms with van der Waals surface area (Å²) < 4.78 is 0. The summed E-state index contributed by atoms with van der Waals surface area (Å²) in [4.78, 5) is 16.6. The third-order valence-electron chi connectivity index (χ3n) is 4.10. The van der Waals surface area contributed by atoms with Gasteiger partial charge in [0.2, 0.25) is 0 Å². The summed E-state index contributed by atoms with van der Waals surface area (Å²) in [6.07, 6.45) is 1.81. The van der Waals surface area contributed by atoms with Gasteiger partial charge in [0.25, 0.3) is 5.91 Å². The first-order chi connectivity index (χ1) is 11.3. The van der Waals surface area contributed by atoms with E-state index in [0.29, 0.717) is 11.5 Å². The third kappa shape index (κ3) is 3.46. The number of nitrogens with one attached hydrogen (secondary N) is 1. The predicted octanol–water partition coefficient (Wildman–Crippen LogP) is 4.21. The first-order valence-electron chi connectivity index (χ1n) is 8.12. The van der Waals surface area contributed by atoms with Crippen LogP contribution in [0.4, 0.5) is 0 Å². The third-order valence-corrected chi connectivity index (χ3v) is 4.10. The first kappa shape index (κ1) is 16.2. The van der Waals surface area contributed by atoms with E-state index in [1.165, 1.54) is 11.1 Å². The van der Waals surface area contributed by atoms with Crippen LogP contribution in [0, 0.1) is 6.92 Å². The summed E-state index contributed by atoms with van der Waals surface area (Å²) in [6.45, 7) is 8.58. The molecule has 0 aromatic heterocycles. The van der Waals surface area contributed by atoms with Gasteiger partial charge in [0.05, 0.1) is 0 Å².